The molecular formula is C27H34N8O2. The fourth-order valence-electron chi connectivity index (χ4n) is 4.22. The third kappa shape index (κ3) is 7.06. The van der Waals surface area contributed by atoms with E-state index in [1.165, 1.54) is 38.4 Å². The van der Waals surface area contributed by atoms with Gasteiger partial charge in [0.2, 0.25) is 11.8 Å². The molecule has 0 spiro atoms. The molecule has 2 fully saturated rings. The van der Waals surface area contributed by atoms with Crippen LogP contribution in [0.3, 0.4) is 0 Å². The molecule has 4 heterocycles. The van der Waals surface area contributed by atoms with E-state index in [0.29, 0.717) is 28.9 Å². The Morgan fingerprint density at radius 2 is 1.81 bits per heavy atom. The van der Waals surface area contributed by atoms with E-state index in [-0.39, 0.29) is 11.3 Å². The zero-order valence-corrected chi connectivity index (χ0v) is 21.4. The molecule has 0 bridgehead atoms. The van der Waals surface area contributed by atoms with Crippen molar-refractivity contribution in [3.8, 4) is 29.0 Å². The van der Waals surface area contributed by atoms with Gasteiger partial charge in [-0.3, -0.25) is 0 Å². The topological polar surface area (TPSA) is 122 Å². The Kier molecular flexibility index (Phi) is 9.08. The van der Waals surface area contributed by atoms with Gasteiger partial charge in [-0.1, -0.05) is 6.42 Å². The largest absolute Gasteiger partial charge is 0.507 e. The Labute approximate surface area is 217 Å². The van der Waals surface area contributed by atoms with Gasteiger partial charge in [0.1, 0.15) is 23.3 Å². The van der Waals surface area contributed by atoms with Crippen molar-refractivity contribution in [2.45, 2.75) is 19.3 Å². The van der Waals surface area contributed by atoms with Crippen LogP contribution in [0.5, 0.6) is 11.6 Å². The number of rotatable bonds is 5. The van der Waals surface area contributed by atoms with Gasteiger partial charge in [0.05, 0.1) is 18.4 Å². The summed E-state index contributed by atoms with van der Waals surface area (Å²) in [5.41, 5.74) is 2.48. The van der Waals surface area contributed by atoms with Crippen molar-refractivity contribution in [1.82, 2.24) is 25.2 Å². The smallest absolute Gasteiger partial charge is 0.239 e. The molecule has 2 aromatic heterocycles. The van der Waals surface area contributed by atoms with Crippen LogP contribution in [0, 0.1) is 11.3 Å². The summed E-state index contributed by atoms with van der Waals surface area (Å²) in [6.45, 7) is 6.33. The second-order valence-electron chi connectivity index (χ2n) is 9.06. The summed E-state index contributed by atoms with van der Waals surface area (Å²) in [5.74, 6) is 1.42. The van der Waals surface area contributed by atoms with Crippen molar-refractivity contribution in [2.24, 2.45) is 0 Å². The fraction of sp³-hybridized carbons (Fsp3) is 0.407. The molecule has 0 unspecified atom stereocenters. The number of hydrogen-bond donors (Lipinski definition) is 3. The molecule has 5 rings (SSSR count). The number of nitrogens with one attached hydrogen (secondary N) is 2. The van der Waals surface area contributed by atoms with Gasteiger partial charge in [-0.05, 0) is 69.4 Å². The van der Waals surface area contributed by atoms with Crippen LogP contribution >= 0.6 is 0 Å². The molecule has 3 aromatic rings. The first-order valence-corrected chi connectivity index (χ1v) is 12.6. The van der Waals surface area contributed by atoms with Crippen molar-refractivity contribution in [3.63, 3.8) is 0 Å². The van der Waals surface area contributed by atoms with E-state index in [0.717, 1.165) is 31.9 Å². The van der Waals surface area contributed by atoms with E-state index in [9.17, 15) is 5.11 Å². The van der Waals surface area contributed by atoms with E-state index in [1.54, 1.807) is 31.5 Å². The van der Waals surface area contributed by atoms with Crippen LogP contribution in [-0.4, -0.2) is 78.4 Å². The van der Waals surface area contributed by atoms with Gasteiger partial charge < -0.3 is 30.3 Å². The Bertz CT molecular complexity index is 1210. The summed E-state index contributed by atoms with van der Waals surface area (Å²) >= 11 is 0. The summed E-state index contributed by atoms with van der Waals surface area (Å²) in [5, 5.41) is 25.2. The predicted molar refractivity (Wildman–Crippen MR) is 144 cm³/mol. The summed E-state index contributed by atoms with van der Waals surface area (Å²) in [6.07, 6.45) is 5.84. The number of aromatic nitrogens is 3. The molecule has 0 aliphatic carbocycles. The van der Waals surface area contributed by atoms with Crippen molar-refractivity contribution in [1.29, 1.82) is 5.26 Å². The number of aromatic hydroxyl groups is 1. The van der Waals surface area contributed by atoms with Gasteiger partial charge in [0, 0.05) is 37.9 Å². The molecule has 10 heteroatoms. The zero-order valence-electron chi connectivity index (χ0n) is 21.4. The molecule has 2 aliphatic heterocycles. The highest BCUT2D eigenvalue weighted by atomic mass is 16.5. The molecule has 2 saturated heterocycles. The number of hydrogen-bond acceptors (Lipinski definition) is 10. The molecule has 2 aliphatic rings. The number of nitriles is 1. The van der Waals surface area contributed by atoms with Crippen LogP contribution in [0.4, 0.5) is 17.5 Å². The minimum atomic E-state index is -0.0598. The molecule has 1 aromatic carbocycles. The lowest BCUT2D eigenvalue weighted by molar-refractivity contribution is 0.310. The van der Waals surface area contributed by atoms with Crippen molar-refractivity contribution in [3.05, 3.63) is 48.2 Å². The van der Waals surface area contributed by atoms with Crippen LogP contribution in [0.25, 0.3) is 11.3 Å². The molecule has 0 amide bonds. The fourth-order valence-corrected chi connectivity index (χ4v) is 4.22. The number of anilines is 3. The van der Waals surface area contributed by atoms with E-state index < -0.39 is 0 Å². The van der Waals surface area contributed by atoms with Gasteiger partial charge in [0.25, 0.3) is 0 Å². The van der Waals surface area contributed by atoms with E-state index in [2.05, 4.69) is 42.4 Å². The molecule has 194 valence electrons. The number of benzene rings is 1. The standard InChI is InChI=1S/C22H23N7O2.C5H11N/c1-28-9-11-29(12-10-28)18-4-6-20(26-21(18)31-2)27-22-24-8-7-17(25-22)15-3-5-19(30)16(13-15)14-23;1-2-4-6-5-3-1/h3-8,13,30H,9-12H2,1-2H3,(H,24,25,26,27);6H,1-5H2. The number of phenols is 1. The monoisotopic (exact) mass is 502 g/mol. The third-order valence-corrected chi connectivity index (χ3v) is 6.39. The number of likely N-dealkylation sites (N-methyl/N-ethyl adjacent to an activating group) is 1. The molecule has 0 saturated carbocycles. The normalized spacial score (nSPS) is 15.8. The average molecular weight is 503 g/mol. The number of nitrogens with zero attached hydrogens (tertiary/aromatic N) is 6. The molecule has 0 radical (unpaired) electrons. The number of ether oxygens (including phenoxy) is 1. The Balaban J connectivity index is 0.000000469. The molecule has 10 nitrogen and oxygen atoms in total. The van der Waals surface area contributed by atoms with Crippen LogP contribution in [0.1, 0.15) is 24.8 Å². The molecule has 37 heavy (non-hydrogen) atoms. The summed E-state index contributed by atoms with van der Waals surface area (Å²) < 4.78 is 5.53. The average Bonchev–Trinajstić information content (AvgIpc) is 2.95. The summed E-state index contributed by atoms with van der Waals surface area (Å²) in [6, 6.07) is 12.3. The minimum absolute atomic E-state index is 0.0598. The number of methoxy groups -OCH3 is 1. The maximum atomic E-state index is 9.72. The first-order chi connectivity index (χ1) is 18.1. The molecule has 0 atom stereocenters. The molecular weight excluding hydrogens is 468 g/mol. The van der Waals surface area contributed by atoms with E-state index in [1.807, 2.05) is 18.2 Å². The lowest BCUT2D eigenvalue weighted by atomic mass is 10.1. The highest BCUT2D eigenvalue weighted by Crippen LogP contribution is 2.30. The Hall–Kier alpha value is -3.94. The second kappa shape index (κ2) is 12.9. The van der Waals surface area contributed by atoms with Gasteiger partial charge in [-0.15, -0.1) is 0 Å². The van der Waals surface area contributed by atoms with Crippen LogP contribution < -0.4 is 20.3 Å². The van der Waals surface area contributed by atoms with Crippen molar-refractivity contribution >= 4 is 17.5 Å². The van der Waals surface area contributed by atoms with Gasteiger partial charge >= 0.3 is 0 Å². The van der Waals surface area contributed by atoms with Crippen LogP contribution in [0.2, 0.25) is 0 Å². The van der Waals surface area contributed by atoms with Crippen molar-refractivity contribution in [2.75, 3.05) is 63.6 Å². The number of piperazine rings is 1. The second-order valence-corrected chi connectivity index (χ2v) is 9.06. The number of piperidine rings is 1. The lowest BCUT2D eigenvalue weighted by Gasteiger charge is -2.34. The summed E-state index contributed by atoms with van der Waals surface area (Å²) in [7, 11) is 3.73. The van der Waals surface area contributed by atoms with Crippen LogP contribution in [-0.2, 0) is 0 Å². The maximum absolute atomic E-state index is 9.72. The first kappa shape index (κ1) is 26.1. The van der Waals surface area contributed by atoms with Gasteiger partial charge in [-0.2, -0.15) is 10.2 Å². The van der Waals surface area contributed by atoms with E-state index in [4.69, 9.17) is 10.00 Å². The number of phenolic OH excluding ortho intramolecular Hbond substituents is 1. The minimum Gasteiger partial charge on any atom is -0.507 e. The predicted octanol–water partition coefficient (Wildman–Crippen LogP) is 3.38. The quantitative estimate of drug-likeness (QED) is 0.478. The Morgan fingerprint density at radius 1 is 1.03 bits per heavy atom. The maximum Gasteiger partial charge on any atom is 0.239 e. The van der Waals surface area contributed by atoms with E-state index >= 15 is 0 Å². The van der Waals surface area contributed by atoms with Gasteiger partial charge in [-0.25, -0.2) is 9.97 Å². The van der Waals surface area contributed by atoms with Crippen LogP contribution in [0.15, 0.2) is 42.6 Å². The number of pyridine rings is 1. The Morgan fingerprint density at radius 3 is 2.46 bits per heavy atom. The summed E-state index contributed by atoms with van der Waals surface area (Å²) in [4.78, 5) is 17.9. The van der Waals surface area contributed by atoms with Crippen molar-refractivity contribution < 1.29 is 9.84 Å². The SMILES string of the molecule is C1CCNCC1.COc1nc(Nc2nccc(-c3ccc(O)c(C#N)c3)n2)ccc1N1CCN(C)CC1. The zero-order chi connectivity index (χ0) is 26.0. The lowest BCUT2D eigenvalue weighted by Crippen LogP contribution is -2.44. The highest BCUT2D eigenvalue weighted by molar-refractivity contribution is 5.66. The van der Waals surface area contributed by atoms with Gasteiger partial charge in [0.15, 0.2) is 0 Å². The first-order valence-electron chi connectivity index (χ1n) is 12.6. The third-order valence-electron chi connectivity index (χ3n) is 6.39. The highest BCUT2D eigenvalue weighted by Gasteiger charge is 2.19. The molecule has 3 N–H and O–H groups in total.